The van der Waals surface area contributed by atoms with Crippen LogP contribution in [0.3, 0.4) is 0 Å². The van der Waals surface area contributed by atoms with Crippen LogP contribution in [0.4, 0.5) is 8.78 Å². The molecule has 0 radical (unpaired) electrons. The Hall–Kier alpha value is -1.37. The number of nitrogens with one attached hydrogen (secondary N) is 1. The van der Waals surface area contributed by atoms with E-state index in [2.05, 4.69) is 10.4 Å². The number of hydrogen-bond acceptors (Lipinski definition) is 4. The summed E-state index contributed by atoms with van der Waals surface area (Å²) in [6.45, 7) is 3.90. The fraction of sp³-hybridized carbons (Fsp3) is 0.308. The molecule has 0 amide bonds. The zero-order valence-electron chi connectivity index (χ0n) is 10.7. The zero-order valence-corrected chi connectivity index (χ0v) is 11.5. The summed E-state index contributed by atoms with van der Waals surface area (Å²) in [4.78, 5) is 5.50. The van der Waals surface area contributed by atoms with Crippen molar-refractivity contribution in [1.82, 2.24) is 10.4 Å². The maximum Gasteiger partial charge on any atom is 0.128 e. The Balaban J connectivity index is 2.27. The van der Waals surface area contributed by atoms with Crippen molar-refractivity contribution >= 4 is 11.3 Å². The summed E-state index contributed by atoms with van der Waals surface area (Å²) in [6.07, 6.45) is 0.427. The van der Waals surface area contributed by atoms with E-state index in [9.17, 15) is 8.78 Å². The molecule has 102 valence electrons. The van der Waals surface area contributed by atoms with E-state index in [1.165, 1.54) is 11.3 Å². The van der Waals surface area contributed by atoms with Crippen molar-refractivity contribution in [2.45, 2.75) is 26.3 Å². The van der Waals surface area contributed by atoms with E-state index < -0.39 is 17.7 Å². The topological polar surface area (TPSA) is 50.9 Å². The summed E-state index contributed by atoms with van der Waals surface area (Å²) in [5, 5.41) is 0.849. The highest BCUT2D eigenvalue weighted by Crippen LogP contribution is 2.25. The SMILES string of the molecule is Cc1nc(CC(NN)c2cc(F)ccc2F)sc1C. The van der Waals surface area contributed by atoms with Crippen LogP contribution < -0.4 is 11.3 Å². The summed E-state index contributed by atoms with van der Waals surface area (Å²) >= 11 is 1.54. The van der Waals surface area contributed by atoms with Crippen molar-refractivity contribution in [1.29, 1.82) is 0 Å². The summed E-state index contributed by atoms with van der Waals surface area (Å²) in [6, 6.07) is 2.85. The second kappa shape index (κ2) is 5.73. The van der Waals surface area contributed by atoms with Gasteiger partial charge in [0.25, 0.3) is 0 Å². The molecule has 0 spiro atoms. The summed E-state index contributed by atoms with van der Waals surface area (Å²) in [7, 11) is 0. The van der Waals surface area contributed by atoms with Crippen LogP contribution in [-0.2, 0) is 6.42 Å². The van der Waals surface area contributed by atoms with Crippen molar-refractivity contribution in [3.05, 3.63) is 51.0 Å². The molecule has 0 aliphatic heterocycles. The fourth-order valence-electron chi connectivity index (χ4n) is 1.84. The molecule has 2 rings (SSSR count). The van der Waals surface area contributed by atoms with E-state index in [4.69, 9.17) is 5.84 Å². The highest BCUT2D eigenvalue weighted by molar-refractivity contribution is 7.11. The zero-order chi connectivity index (χ0) is 14.0. The summed E-state index contributed by atoms with van der Waals surface area (Å²) in [5.41, 5.74) is 3.69. The number of aryl methyl sites for hydroxylation is 2. The second-order valence-electron chi connectivity index (χ2n) is 4.34. The fourth-order valence-corrected chi connectivity index (χ4v) is 2.82. The van der Waals surface area contributed by atoms with Gasteiger partial charge in [0, 0.05) is 16.9 Å². The van der Waals surface area contributed by atoms with E-state index >= 15 is 0 Å². The van der Waals surface area contributed by atoms with Crippen LogP contribution in [0.5, 0.6) is 0 Å². The van der Waals surface area contributed by atoms with Gasteiger partial charge in [-0.15, -0.1) is 11.3 Å². The molecular formula is C13H15F2N3S. The number of hydrogen-bond donors (Lipinski definition) is 2. The molecule has 0 saturated carbocycles. The van der Waals surface area contributed by atoms with Gasteiger partial charge in [-0.3, -0.25) is 11.3 Å². The Bertz CT molecular complexity index is 564. The first kappa shape index (κ1) is 14.0. The van der Waals surface area contributed by atoms with Crippen molar-refractivity contribution in [2.24, 2.45) is 5.84 Å². The molecule has 0 aliphatic rings. The van der Waals surface area contributed by atoms with Crippen molar-refractivity contribution in [2.75, 3.05) is 0 Å². The predicted molar refractivity (Wildman–Crippen MR) is 71.7 cm³/mol. The van der Waals surface area contributed by atoms with Crippen LogP contribution in [0.25, 0.3) is 0 Å². The van der Waals surface area contributed by atoms with E-state index in [0.717, 1.165) is 33.8 Å². The van der Waals surface area contributed by atoms with Crippen LogP contribution in [-0.4, -0.2) is 4.98 Å². The second-order valence-corrected chi connectivity index (χ2v) is 5.63. The minimum Gasteiger partial charge on any atom is -0.271 e. The minimum atomic E-state index is -0.499. The lowest BCUT2D eigenvalue weighted by molar-refractivity contribution is 0.501. The molecule has 1 aromatic carbocycles. The van der Waals surface area contributed by atoms with Gasteiger partial charge in [0.1, 0.15) is 11.6 Å². The first-order chi connectivity index (χ1) is 9.01. The maximum atomic E-state index is 13.7. The van der Waals surface area contributed by atoms with Crippen molar-refractivity contribution in [3.8, 4) is 0 Å². The largest absolute Gasteiger partial charge is 0.271 e. The third-order valence-electron chi connectivity index (χ3n) is 2.99. The molecule has 1 heterocycles. The number of thiazole rings is 1. The smallest absolute Gasteiger partial charge is 0.128 e. The van der Waals surface area contributed by atoms with Gasteiger partial charge in [0.15, 0.2) is 0 Å². The van der Waals surface area contributed by atoms with Gasteiger partial charge < -0.3 is 0 Å². The normalized spacial score (nSPS) is 12.7. The molecule has 0 saturated heterocycles. The highest BCUT2D eigenvalue weighted by atomic mass is 32.1. The van der Waals surface area contributed by atoms with Gasteiger partial charge >= 0.3 is 0 Å². The van der Waals surface area contributed by atoms with Crippen LogP contribution in [0.1, 0.15) is 27.2 Å². The first-order valence-corrected chi connectivity index (χ1v) is 6.67. The quantitative estimate of drug-likeness (QED) is 0.670. The summed E-state index contributed by atoms with van der Waals surface area (Å²) in [5.74, 6) is 4.49. The van der Waals surface area contributed by atoms with Crippen LogP contribution in [0, 0.1) is 25.5 Å². The number of halogens is 2. The molecule has 6 heteroatoms. The number of rotatable bonds is 4. The standard InChI is InChI=1S/C13H15F2N3S/c1-7-8(2)19-13(17-7)6-12(18-16)10-5-9(14)3-4-11(10)15/h3-5,12,18H,6,16H2,1-2H3. The Morgan fingerprint density at radius 1 is 1.37 bits per heavy atom. The van der Waals surface area contributed by atoms with E-state index in [-0.39, 0.29) is 5.56 Å². The molecule has 3 N–H and O–H groups in total. The van der Waals surface area contributed by atoms with Crippen LogP contribution in [0.2, 0.25) is 0 Å². The number of hydrazine groups is 1. The summed E-state index contributed by atoms with van der Waals surface area (Å²) < 4.78 is 26.9. The van der Waals surface area contributed by atoms with E-state index in [1.54, 1.807) is 0 Å². The molecule has 2 aromatic rings. The highest BCUT2D eigenvalue weighted by Gasteiger charge is 2.18. The Morgan fingerprint density at radius 2 is 2.11 bits per heavy atom. The molecule has 1 unspecified atom stereocenters. The third kappa shape index (κ3) is 3.15. The van der Waals surface area contributed by atoms with Gasteiger partial charge in [-0.1, -0.05) is 0 Å². The van der Waals surface area contributed by atoms with Gasteiger partial charge in [-0.05, 0) is 32.0 Å². The Labute approximate surface area is 114 Å². The van der Waals surface area contributed by atoms with Crippen molar-refractivity contribution in [3.63, 3.8) is 0 Å². The Morgan fingerprint density at radius 3 is 2.68 bits per heavy atom. The molecule has 0 bridgehead atoms. The van der Waals surface area contributed by atoms with E-state index in [0.29, 0.717) is 6.42 Å². The van der Waals surface area contributed by atoms with Crippen LogP contribution in [0.15, 0.2) is 18.2 Å². The molecule has 19 heavy (non-hydrogen) atoms. The first-order valence-electron chi connectivity index (χ1n) is 5.85. The maximum absolute atomic E-state index is 13.7. The number of nitrogens with zero attached hydrogens (tertiary/aromatic N) is 1. The molecule has 1 atom stereocenters. The number of aromatic nitrogens is 1. The number of benzene rings is 1. The third-order valence-corrected chi connectivity index (χ3v) is 4.08. The van der Waals surface area contributed by atoms with Gasteiger partial charge in [-0.2, -0.15) is 0 Å². The lowest BCUT2D eigenvalue weighted by Crippen LogP contribution is -2.30. The van der Waals surface area contributed by atoms with E-state index in [1.807, 2.05) is 13.8 Å². The van der Waals surface area contributed by atoms with Gasteiger partial charge in [-0.25, -0.2) is 13.8 Å². The van der Waals surface area contributed by atoms with Crippen molar-refractivity contribution < 1.29 is 8.78 Å². The average molecular weight is 283 g/mol. The lowest BCUT2D eigenvalue weighted by Gasteiger charge is -2.15. The molecule has 3 nitrogen and oxygen atoms in total. The molecular weight excluding hydrogens is 268 g/mol. The molecule has 1 aromatic heterocycles. The van der Waals surface area contributed by atoms with Gasteiger partial charge in [0.2, 0.25) is 0 Å². The minimum absolute atomic E-state index is 0.216. The van der Waals surface area contributed by atoms with Gasteiger partial charge in [0.05, 0.1) is 16.7 Å². The average Bonchev–Trinajstić information content (AvgIpc) is 2.69. The van der Waals surface area contributed by atoms with Crippen LogP contribution >= 0.6 is 11.3 Å². The number of nitrogens with two attached hydrogens (primary N) is 1. The lowest BCUT2D eigenvalue weighted by atomic mass is 10.0. The monoisotopic (exact) mass is 283 g/mol. The molecule has 0 aliphatic carbocycles. The molecule has 0 fully saturated rings. The predicted octanol–water partition coefficient (Wildman–Crippen LogP) is 2.79. The Kier molecular flexibility index (Phi) is 4.24.